The van der Waals surface area contributed by atoms with Crippen molar-refractivity contribution >= 4 is 17.6 Å². The summed E-state index contributed by atoms with van der Waals surface area (Å²) in [6.07, 6.45) is 0. The lowest BCUT2D eigenvalue weighted by Gasteiger charge is -2.21. The zero-order chi connectivity index (χ0) is 14.6. The number of nitrogens with zero attached hydrogens (tertiary/aromatic N) is 1. The van der Waals surface area contributed by atoms with E-state index in [-0.39, 0.29) is 17.4 Å². The Labute approximate surface area is 112 Å². The van der Waals surface area contributed by atoms with Gasteiger partial charge in [0.05, 0.1) is 0 Å². The Kier molecular flexibility index (Phi) is 4.37. The van der Waals surface area contributed by atoms with Crippen LogP contribution in [0.1, 0.15) is 31.9 Å². The standard InChI is InChI=1S/C13H20N4O2/c1-8-5-6-9(11(14)17-19)7-10(8)15-12(18)16-13(2,3)4/h5-7,19H,1-4H3,(H2,14,17)(H2,15,16,18). The van der Waals surface area contributed by atoms with Crippen LogP contribution in [0.4, 0.5) is 10.5 Å². The maximum Gasteiger partial charge on any atom is 0.319 e. The van der Waals surface area contributed by atoms with Crippen LogP contribution in [0.15, 0.2) is 23.4 Å². The van der Waals surface area contributed by atoms with Crippen molar-refractivity contribution in [2.75, 3.05) is 5.32 Å². The van der Waals surface area contributed by atoms with Crippen LogP contribution in [0.3, 0.4) is 0 Å². The number of rotatable bonds is 2. The van der Waals surface area contributed by atoms with Crippen LogP contribution in [0.2, 0.25) is 0 Å². The number of carbonyl (C=O) groups is 1. The molecule has 0 radical (unpaired) electrons. The van der Waals surface area contributed by atoms with Gasteiger partial charge in [-0.1, -0.05) is 17.3 Å². The highest BCUT2D eigenvalue weighted by atomic mass is 16.4. The van der Waals surface area contributed by atoms with E-state index in [4.69, 9.17) is 10.9 Å². The topological polar surface area (TPSA) is 99.7 Å². The molecule has 1 aromatic carbocycles. The molecule has 0 saturated carbocycles. The van der Waals surface area contributed by atoms with E-state index in [1.807, 2.05) is 27.7 Å². The molecule has 6 nitrogen and oxygen atoms in total. The average Bonchev–Trinajstić information content (AvgIpc) is 2.28. The number of urea groups is 1. The summed E-state index contributed by atoms with van der Waals surface area (Å²) < 4.78 is 0. The summed E-state index contributed by atoms with van der Waals surface area (Å²) in [5.41, 5.74) is 7.24. The van der Waals surface area contributed by atoms with E-state index in [2.05, 4.69) is 15.8 Å². The number of hydrogen-bond donors (Lipinski definition) is 4. The molecule has 19 heavy (non-hydrogen) atoms. The Morgan fingerprint density at radius 1 is 1.37 bits per heavy atom. The van der Waals surface area contributed by atoms with Gasteiger partial charge in [-0.25, -0.2) is 4.79 Å². The quantitative estimate of drug-likeness (QED) is 0.284. The fourth-order valence-electron chi connectivity index (χ4n) is 1.47. The van der Waals surface area contributed by atoms with E-state index in [1.54, 1.807) is 18.2 Å². The van der Waals surface area contributed by atoms with E-state index in [0.717, 1.165) is 5.56 Å². The van der Waals surface area contributed by atoms with Crippen LogP contribution >= 0.6 is 0 Å². The largest absolute Gasteiger partial charge is 0.409 e. The second kappa shape index (κ2) is 5.60. The van der Waals surface area contributed by atoms with Crippen molar-refractivity contribution in [2.24, 2.45) is 10.9 Å². The maximum atomic E-state index is 11.8. The van der Waals surface area contributed by atoms with Crippen LogP contribution in [-0.4, -0.2) is 22.6 Å². The van der Waals surface area contributed by atoms with Gasteiger partial charge in [-0.15, -0.1) is 0 Å². The molecule has 0 aliphatic heterocycles. The average molecular weight is 264 g/mol. The SMILES string of the molecule is Cc1ccc(C(N)=NO)cc1NC(=O)NC(C)(C)C. The zero-order valence-electron chi connectivity index (χ0n) is 11.6. The molecule has 1 rings (SSSR count). The van der Waals surface area contributed by atoms with Crippen molar-refractivity contribution in [3.05, 3.63) is 29.3 Å². The fourth-order valence-corrected chi connectivity index (χ4v) is 1.47. The number of amidine groups is 1. The second-order valence-electron chi connectivity index (χ2n) is 5.34. The molecule has 0 aromatic heterocycles. The molecular formula is C13H20N4O2. The van der Waals surface area contributed by atoms with Crippen LogP contribution in [0.25, 0.3) is 0 Å². The zero-order valence-corrected chi connectivity index (χ0v) is 11.6. The van der Waals surface area contributed by atoms with Gasteiger partial charge in [-0.2, -0.15) is 0 Å². The van der Waals surface area contributed by atoms with Crippen LogP contribution < -0.4 is 16.4 Å². The Hall–Kier alpha value is -2.24. The molecule has 6 heteroatoms. The van der Waals surface area contributed by atoms with Gasteiger partial charge in [-0.05, 0) is 39.3 Å². The first-order valence-corrected chi connectivity index (χ1v) is 5.90. The molecular weight excluding hydrogens is 244 g/mol. The van der Waals surface area contributed by atoms with Crippen molar-refractivity contribution < 1.29 is 10.0 Å². The maximum absolute atomic E-state index is 11.8. The first-order chi connectivity index (χ1) is 8.73. The summed E-state index contributed by atoms with van der Waals surface area (Å²) in [5, 5.41) is 17.1. The molecule has 0 fully saturated rings. The van der Waals surface area contributed by atoms with Crippen molar-refractivity contribution in [1.29, 1.82) is 0 Å². The number of aryl methyl sites for hydroxylation is 1. The van der Waals surface area contributed by atoms with E-state index in [9.17, 15) is 4.79 Å². The smallest absolute Gasteiger partial charge is 0.319 e. The van der Waals surface area contributed by atoms with Crippen molar-refractivity contribution in [3.8, 4) is 0 Å². The molecule has 0 aliphatic carbocycles. The predicted molar refractivity (Wildman–Crippen MR) is 75.6 cm³/mol. The van der Waals surface area contributed by atoms with Gasteiger partial charge in [0, 0.05) is 16.8 Å². The number of carbonyl (C=O) groups excluding carboxylic acids is 1. The second-order valence-corrected chi connectivity index (χ2v) is 5.34. The Morgan fingerprint density at radius 2 is 2.00 bits per heavy atom. The summed E-state index contributed by atoms with van der Waals surface area (Å²) in [6, 6.07) is 4.87. The summed E-state index contributed by atoms with van der Waals surface area (Å²) in [7, 11) is 0. The third-order valence-electron chi connectivity index (χ3n) is 2.38. The first-order valence-electron chi connectivity index (χ1n) is 5.90. The van der Waals surface area contributed by atoms with Gasteiger partial charge in [0.15, 0.2) is 5.84 Å². The molecule has 2 amide bonds. The lowest BCUT2D eigenvalue weighted by atomic mass is 10.1. The van der Waals surface area contributed by atoms with Gasteiger partial charge in [0.2, 0.25) is 0 Å². The molecule has 0 saturated heterocycles. The Bertz CT molecular complexity index is 504. The molecule has 0 aliphatic rings. The Balaban J connectivity index is 2.92. The molecule has 0 spiro atoms. The molecule has 0 heterocycles. The third kappa shape index (κ3) is 4.50. The van der Waals surface area contributed by atoms with Gasteiger partial charge in [0.1, 0.15) is 0 Å². The van der Waals surface area contributed by atoms with Crippen LogP contribution in [0.5, 0.6) is 0 Å². The number of benzene rings is 1. The summed E-state index contributed by atoms with van der Waals surface area (Å²) in [6.45, 7) is 7.55. The lowest BCUT2D eigenvalue weighted by molar-refractivity contribution is 0.244. The van der Waals surface area contributed by atoms with Crippen molar-refractivity contribution in [1.82, 2.24) is 5.32 Å². The lowest BCUT2D eigenvalue weighted by Crippen LogP contribution is -2.43. The number of hydrogen-bond acceptors (Lipinski definition) is 3. The molecule has 0 unspecified atom stereocenters. The summed E-state index contributed by atoms with van der Waals surface area (Å²) in [4.78, 5) is 11.8. The van der Waals surface area contributed by atoms with Gasteiger partial charge >= 0.3 is 6.03 Å². The summed E-state index contributed by atoms with van der Waals surface area (Å²) >= 11 is 0. The monoisotopic (exact) mass is 264 g/mol. The summed E-state index contributed by atoms with van der Waals surface area (Å²) in [5.74, 6) is -0.000667. The minimum atomic E-state index is -0.318. The first kappa shape index (κ1) is 14.8. The Morgan fingerprint density at radius 3 is 2.53 bits per heavy atom. The molecule has 0 bridgehead atoms. The third-order valence-corrected chi connectivity index (χ3v) is 2.38. The van der Waals surface area contributed by atoms with E-state index in [0.29, 0.717) is 11.3 Å². The highest BCUT2D eigenvalue weighted by molar-refractivity contribution is 5.99. The van der Waals surface area contributed by atoms with Crippen molar-refractivity contribution in [2.45, 2.75) is 33.2 Å². The van der Waals surface area contributed by atoms with E-state index in [1.165, 1.54) is 0 Å². The highest BCUT2D eigenvalue weighted by Gasteiger charge is 2.14. The number of nitrogens with one attached hydrogen (secondary N) is 2. The number of oxime groups is 1. The van der Waals surface area contributed by atoms with E-state index < -0.39 is 0 Å². The normalized spacial score (nSPS) is 12.1. The van der Waals surface area contributed by atoms with Crippen LogP contribution in [0, 0.1) is 6.92 Å². The van der Waals surface area contributed by atoms with Crippen molar-refractivity contribution in [3.63, 3.8) is 0 Å². The van der Waals surface area contributed by atoms with Gasteiger partial charge < -0.3 is 21.6 Å². The van der Waals surface area contributed by atoms with E-state index >= 15 is 0 Å². The number of anilines is 1. The molecule has 1 aromatic rings. The molecule has 104 valence electrons. The molecule has 0 atom stereocenters. The minimum absolute atomic E-state index is 0.000667. The van der Waals surface area contributed by atoms with Gasteiger partial charge in [-0.3, -0.25) is 0 Å². The number of amides is 2. The molecule has 5 N–H and O–H groups in total. The van der Waals surface area contributed by atoms with Gasteiger partial charge in [0.25, 0.3) is 0 Å². The van der Waals surface area contributed by atoms with Crippen LogP contribution in [-0.2, 0) is 0 Å². The minimum Gasteiger partial charge on any atom is -0.409 e. The number of nitrogens with two attached hydrogens (primary N) is 1. The fraction of sp³-hybridized carbons (Fsp3) is 0.385. The predicted octanol–water partition coefficient (Wildman–Crippen LogP) is 2.01. The highest BCUT2D eigenvalue weighted by Crippen LogP contribution is 2.17.